The van der Waals surface area contributed by atoms with Crippen LogP contribution in [0, 0.1) is 5.92 Å². The Kier molecular flexibility index (Phi) is 8.60. The number of rotatable bonds is 8. The Balaban J connectivity index is 2.03. The predicted molar refractivity (Wildman–Crippen MR) is 106 cm³/mol. The van der Waals surface area contributed by atoms with Crippen molar-refractivity contribution in [3.05, 3.63) is 29.8 Å². The molecule has 0 spiro atoms. The van der Waals surface area contributed by atoms with Gasteiger partial charge in [-0.3, -0.25) is 0 Å². The number of hydrogen-bond acceptors (Lipinski definition) is 3. The fraction of sp³-hybridized carbons (Fsp3) is 0.650. The van der Waals surface area contributed by atoms with Gasteiger partial charge in [0.1, 0.15) is 0 Å². The van der Waals surface area contributed by atoms with Gasteiger partial charge >= 0.3 is 0 Å². The summed E-state index contributed by atoms with van der Waals surface area (Å²) in [7, 11) is 0. The molecule has 0 radical (unpaired) electrons. The van der Waals surface area contributed by atoms with Gasteiger partial charge in [0.2, 0.25) is 0 Å². The van der Waals surface area contributed by atoms with Crippen molar-refractivity contribution in [3.8, 4) is 0 Å². The average Bonchev–Trinajstić information content (AvgIpc) is 2.67. The Bertz CT molecular complexity index is 522. The first-order valence-electron chi connectivity index (χ1n) is 9.71. The zero-order valence-electron chi connectivity index (χ0n) is 16.1. The quantitative estimate of drug-likeness (QED) is 0.561. The van der Waals surface area contributed by atoms with Crippen molar-refractivity contribution in [2.45, 2.75) is 40.2 Å². The zero-order chi connectivity index (χ0) is 17.9. The Hall–Kier alpha value is -1.75. The molecule has 0 aromatic heterocycles. The van der Waals surface area contributed by atoms with Crippen LogP contribution in [-0.4, -0.2) is 45.4 Å². The van der Waals surface area contributed by atoms with E-state index in [4.69, 9.17) is 9.73 Å². The van der Waals surface area contributed by atoms with Crippen LogP contribution in [0.4, 0.5) is 5.69 Å². The molecule has 1 aromatic carbocycles. The van der Waals surface area contributed by atoms with Crippen LogP contribution in [-0.2, 0) is 11.3 Å². The summed E-state index contributed by atoms with van der Waals surface area (Å²) in [6, 6.07) is 8.58. The molecule has 1 saturated heterocycles. The smallest absolute Gasteiger partial charge is 0.191 e. The van der Waals surface area contributed by atoms with Gasteiger partial charge in [-0.25, -0.2) is 4.99 Å². The minimum Gasteiger partial charge on any atom is -0.378 e. The van der Waals surface area contributed by atoms with E-state index in [-0.39, 0.29) is 0 Å². The molecule has 2 N–H and O–H groups in total. The number of benzene rings is 1. The number of para-hydroxylation sites is 1. The number of nitrogens with one attached hydrogen (secondary N) is 2. The lowest BCUT2D eigenvalue weighted by atomic mass is 10.0. The molecule has 0 saturated carbocycles. The maximum absolute atomic E-state index is 5.48. The molecule has 5 nitrogen and oxygen atoms in total. The molecule has 0 amide bonds. The van der Waals surface area contributed by atoms with Crippen molar-refractivity contribution in [1.29, 1.82) is 0 Å². The van der Waals surface area contributed by atoms with Crippen LogP contribution < -0.4 is 15.5 Å². The first kappa shape index (κ1) is 19.6. The van der Waals surface area contributed by atoms with Crippen molar-refractivity contribution in [2.24, 2.45) is 10.9 Å². The minimum absolute atomic E-state index is 0.686. The van der Waals surface area contributed by atoms with Gasteiger partial charge in [-0.05, 0) is 24.5 Å². The lowest BCUT2D eigenvalue weighted by Gasteiger charge is -2.30. The summed E-state index contributed by atoms with van der Waals surface area (Å²) in [5.74, 6) is 1.61. The van der Waals surface area contributed by atoms with Crippen LogP contribution in [0.3, 0.4) is 0 Å². The molecular formula is C20H34N4O. The Morgan fingerprint density at radius 1 is 1.12 bits per heavy atom. The summed E-state index contributed by atoms with van der Waals surface area (Å²) >= 11 is 0. The number of aliphatic imine (C=N–C) groups is 1. The molecule has 0 bridgehead atoms. The fourth-order valence-electron chi connectivity index (χ4n) is 3.08. The summed E-state index contributed by atoms with van der Waals surface area (Å²) < 4.78 is 5.48. The second-order valence-electron chi connectivity index (χ2n) is 6.49. The highest BCUT2D eigenvalue weighted by Gasteiger charge is 2.14. The van der Waals surface area contributed by atoms with Gasteiger partial charge in [-0.1, -0.05) is 44.9 Å². The number of ether oxygens (including phenoxy) is 1. The number of nitrogens with zero attached hydrogens (tertiary/aromatic N) is 2. The summed E-state index contributed by atoms with van der Waals surface area (Å²) in [4.78, 5) is 7.22. The number of hydrogen-bond donors (Lipinski definition) is 2. The van der Waals surface area contributed by atoms with Crippen molar-refractivity contribution >= 4 is 11.6 Å². The number of morpholine rings is 1. The van der Waals surface area contributed by atoms with Crippen LogP contribution in [0.5, 0.6) is 0 Å². The van der Waals surface area contributed by atoms with Gasteiger partial charge in [-0.15, -0.1) is 0 Å². The Morgan fingerprint density at radius 2 is 1.84 bits per heavy atom. The first-order valence-corrected chi connectivity index (χ1v) is 9.71. The summed E-state index contributed by atoms with van der Waals surface area (Å²) in [6.07, 6.45) is 2.39. The van der Waals surface area contributed by atoms with Gasteiger partial charge in [0, 0.05) is 31.9 Å². The molecule has 1 fully saturated rings. The lowest BCUT2D eigenvalue weighted by molar-refractivity contribution is 0.122. The molecule has 0 atom stereocenters. The number of guanidine groups is 1. The summed E-state index contributed by atoms with van der Waals surface area (Å²) in [6.45, 7) is 12.7. The summed E-state index contributed by atoms with van der Waals surface area (Å²) in [5, 5.41) is 6.86. The number of anilines is 1. The van der Waals surface area contributed by atoms with Crippen LogP contribution in [0.2, 0.25) is 0 Å². The maximum Gasteiger partial charge on any atom is 0.191 e. The Morgan fingerprint density at radius 3 is 2.52 bits per heavy atom. The second-order valence-corrected chi connectivity index (χ2v) is 6.49. The Labute approximate surface area is 152 Å². The molecule has 5 heteroatoms. The highest BCUT2D eigenvalue weighted by atomic mass is 16.5. The van der Waals surface area contributed by atoms with Gasteiger partial charge in [0.25, 0.3) is 0 Å². The molecule has 0 unspecified atom stereocenters. The molecule has 1 aliphatic heterocycles. The first-order chi connectivity index (χ1) is 12.3. The lowest BCUT2D eigenvalue weighted by Crippen LogP contribution is -2.39. The van der Waals surface area contributed by atoms with Crippen LogP contribution in [0.1, 0.15) is 39.2 Å². The van der Waals surface area contributed by atoms with Gasteiger partial charge < -0.3 is 20.3 Å². The van der Waals surface area contributed by atoms with Gasteiger partial charge in [0.05, 0.1) is 19.8 Å². The largest absolute Gasteiger partial charge is 0.378 e. The highest BCUT2D eigenvalue weighted by molar-refractivity contribution is 5.79. The molecular weight excluding hydrogens is 312 g/mol. The standard InChI is InChI=1S/C20H34N4O/c1-4-17(5-2)15-22-20(21-6-3)23-16-18-9-7-8-10-19(18)24-11-13-25-14-12-24/h7-10,17H,4-6,11-16H2,1-3H3,(H2,21,22,23). The van der Waals surface area contributed by atoms with Crippen molar-refractivity contribution in [2.75, 3.05) is 44.3 Å². The van der Waals surface area contributed by atoms with E-state index in [1.165, 1.54) is 24.1 Å². The second kappa shape index (κ2) is 11.0. The average molecular weight is 347 g/mol. The SMILES string of the molecule is CCNC(=NCc1ccccc1N1CCOCC1)NCC(CC)CC. The van der Waals surface area contributed by atoms with Crippen LogP contribution in [0.15, 0.2) is 29.3 Å². The van der Waals surface area contributed by atoms with E-state index in [1.807, 2.05) is 0 Å². The fourth-order valence-corrected chi connectivity index (χ4v) is 3.08. The van der Waals surface area contributed by atoms with Gasteiger partial charge in [0.15, 0.2) is 5.96 Å². The molecule has 140 valence electrons. The maximum atomic E-state index is 5.48. The van der Waals surface area contributed by atoms with Crippen molar-refractivity contribution in [1.82, 2.24) is 10.6 Å². The van der Waals surface area contributed by atoms with E-state index in [2.05, 4.69) is 60.6 Å². The normalized spacial score (nSPS) is 15.5. The van der Waals surface area contributed by atoms with E-state index in [0.717, 1.165) is 45.4 Å². The van der Waals surface area contributed by atoms with Gasteiger partial charge in [-0.2, -0.15) is 0 Å². The van der Waals surface area contributed by atoms with Crippen molar-refractivity contribution < 1.29 is 4.74 Å². The van der Waals surface area contributed by atoms with E-state index < -0.39 is 0 Å². The molecule has 1 aromatic rings. The summed E-state index contributed by atoms with van der Waals surface area (Å²) in [5.41, 5.74) is 2.55. The minimum atomic E-state index is 0.686. The molecule has 1 aliphatic rings. The third-order valence-corrected chi connectivity index (χ3v) is 4.81. The highest BCUT2D eigenvalue weighted by Crippen LogP contribution is 2.22. The van der Waals surface area contributed by atoms with Crippen LogP contribution in [0.25, 0.3) is 0 Å². The predicted octanol–water partition coefficient (Wildman–Crippen LogP) is 3.01. The molecule has 0 aliphatic carbocycles. The molecule has 1 heterocycles. The van der Waals surface area contributed by atoms with Crippen molar-refractivity contribution in [3.63, 3.8) is 0 Å². The van der Waals surface area contributed by atoms with Crippen LogP contribution >= 0.6 is 0 Å². The molecule has 25 heavy (non-hydrogen) atoms. The van der Waals surface area contributed by atoms with E-state index in [1.54, 1.807) is 0 Å². The topological polar surface area (TPSA) is 48.9 Å². The van der Waals surface area contributed by atoms with E-state index in [0.29, 0.717) is 12.5 Å². The monoisotopic (exact) mass is 346 g/mol. The third kappa shape index (κ3) is 6.24. The van der Waals surface area contributed by atoms with E-state index in [9.17, 15) is 0 Å². The molecule has 2 rings (SSSR count). The van der Waals surface area contributed by atoms with E-state index >= 15 is 0 Å². The zero-order valence-corrected chi connectivity index (χ0v) is 16.1. The third-order valence-electron chi connectivity index (χ3n) is 4.81.